The summed E-state index contributed by atoms with van der Waals surface area (Å²) in [7, 11) is -3.93. The van der Waals surface area contributed by atoms with Crippen molar-refractivity contribution in [3.63, 3.8) is 0 Å². The first-order chi connectivity index (χ1) is 13.4. The summed E-state index contributed by atoms with van der Waals surface area (Å²) in [6.45, 7) is 4.54. The topological polar surface area (TPSA) is 107 Å². The fourth-order valence-electron chi connectivity index (χ4n) is 2.71. The molecule has 2 aromatic rings. The highest BCUT2D eigenvalue weighted by Gasteiger charge is 2.29. The van der Waals surface area contributed by atoms with Gasteiger partial charge in [0.1, 0.15) is 19.3 Å². The van der Waals surface area contributed by atoms with Crippen LogP contribution in [0, 0.1) is 5.92 Å². The second-order valence-corrected chi connectivity index (χ2v) is 8.40. The smallest absolute Gasteiger partial charge is 0.241 e. The van der Waals surface area contributed by atoms with E-state index in [-0.39, 0.29) is 17.4 Å². The Morgan fingerprint density at radius 3 is 2.57 bits per heavy atom. The molecule has 8 nitrogen and oxygen atoms in total. The molecule has 0 unspecified atom stereocenters. The number of sulfonamides is 1. The molecule has 1 amide bonds. The predicted octanol–water partition coefficient (Wildman–Crippen LogP) is 1.47. The van der Waals surface area contributed by atoms with Crippen LogP contribution >= 0.6 is 0 Å². The lowest BCUT2D eigenvalue weighted by atomic mass is 10.1. The van der Waals surface area contributed by atoms with Gasteiger partial charge in [-0.1, -0.05) is 19.9 Å². The second-order valence-electron chi connectivity index (χ2n) is 6.69. The van der Waals surface area contributed by atoms with Gasteiger partial charge >= 0.3 is 0 Å². The minimum Gasteiger partial charge on any atom is -0.486 e. The van der Waals surface area contributed by atoms with Crippen molar-refractivity contribution in [1.82, 2.24) is 15.0 Å². The molecule has 0 saturated carbocycles. The summed E-state index contributed by atoms with van der Waals surface area (Å²) < 4.78 is 39.0. The van der Waals surface area contributed by atoms with Gasteiger partial charge in [-0.2, -0.15) is 4.72 Å². The summed E-state index contributed by atoms with van der Waals surface area (Å²) in [4.78, 5) is 16.7. The predicted molar refractivity (Wildman–Crippen MR) is 102 cm³/mol. The lowest BCUT2D eigenvalue weighted by Gasteiger charge is -2.23. The zero-order valence-electron chi connectivity index (χ0n) is 15.7. The highest BCUT2D eigenvalue weighted by Crippen LogP contribution is 2.32. The molecule has 150 valence electrons. The Labute approximate surface area is 164 Å². The fraction of sp³-hybridized carbons (Fsp3) is 0.368. The number of hydrogen-bond acceptors (Lipinski definition) is 6. The number of aromatic nitrogens is 1. The number of fused-ring (bicyclic) bond motifs is 1. The molecule has 0 aliphatic carbocycles. The van der Waals surface area contributed by atoms with E-state index in [0.717, 1.165) is 0 Å². The Morgan fingerprint density at radius 2 is 1.89 bits per heavy atom. The molecule has 1 aliphatic rings. The number of ether oxygens (including phenoxy) is 2. The van der Waals surface area contributed by atoms with Crippen LogP contribution in [0.4, 0.5) is 0 Å². The molecule has 0 spiro atoms. The molecule has 1 atom stereocenters. The van der Waals surface area contributed by atoms with Crippen molar-refractivity contribution < 1.29 is 22.7 Å². The minimum absolute atomic E-state index is 0.0138. The van der Waals surface area contributed by atoms with Gasteiger partial charge in [-0.15, -0.1) is 0 Å². The van der Waals surface area contributed by atoms with E-state index in [1.54, 1.807) is 38.2 Å². The van der Waals surface area contributed by atoms with E-state index in [1.807, 2.05) is 6.07 Å². The maximum Gasteiger partial charge on any atom is 0.241 e. The standard InChI is InChI=1S/C19H23N3O5S/c1-13(2)18(19(23)21-12-14-5-3-4-8-20-14)22-28(24,25)15-6-7-16-17(11-15)27-10-9-26-16/h3-8,11,13,18,22H,9-10,12H2,1-2H3,(H,21,23)/t18-/m1/s1. The van der Waals surface area contributed by atoms with Gasteiger partial charge < -0.3 is 14.8 Å². The van der Waals surface area contributed by atoms with Crippen LogP contribution in [0.3, 0.4) is 0 Å². The first-order valence-corrected chi connectivity index (χ1v) is 10.4. The molecule has 28 heavy (non-hydrogen) atoms. The van der Waals surface area contributed by atoms with Crippen LogP contribution in [-0.4, -0.2) is 38.6 Å². The quantitative estimate of drug-likeness (QED) is 0.723. The Kier molecular flexibility index (Phi) is 6.15. The average molecular weight is 405 g/mol. The third-order valence-electron chi connectivity index (χ3n) is 4.23. The molecule has 0 bridgehead atoms. The van der Waals surface area contributed by atoms with Crippen molar-refractivity contribution in [2.75, 3.05) is 13.2 Å². The Balaban J connectivity index is 1.72. The van der Waals surface area contributed by atoms with Crippen molar-refractivity contribution >= 4 is 15.9 Å². The van der Waals surface area contributed by atoms with Crippen LogP contribution in [0.5, 0.6) is 11.5 Å². The highest BCUT2D eigenvalue weighted by atomic mass is 32.2. The van der Waals surface area contributed by atoms with Gasteiger partial charge in [0.25, 0.3) is 0 Å². The molecule has 1 aromatic carbocycles. The number of nitrogens with one attached hydrogen (secondary N) is 2. The van der Waals surface area contributed by atoms with E-state index in [2.05, 4.69) is 15.0 Å². The monoisotopic (exact) mass is 405 g/mol. The first-order valence-electron chi connectivity index (χ1n) is 8.96. The van der Waals surface area contributed by atoms with Gasteiger partial charge in [0.05, 0.1) is 17.1 Å². The number of hydrogen-bond donors (Lipinski definition) is 2. The zero-order valence-corrected chi connectivity index (χ0v) is 16.5. The number of rotatable bonds is 7. The number of amides is 1. The van der Waals surface area contributed by atoms with Crippen molar-refractivity contribution in [2.45, 2.75) is 31.3 Å². The number of carbonyl (C=O) groups is 1. The van der Waals surface area contributed by atoms with Crippen LogP contribution < -0.4 is 19.5 Å². The zero-order chi connectivity index (χ0) is 20.1. The molecule has 3 rings (SSSR count). The molecule has 2 N–H and O–H groups in total. The van der Waals surface area contributed by atoms with Crippen molar-refractivity contribution in [3.8, 4) is 11.5 Å². The maximum atomic E-state index is 12.8. The van der Waals surface area contributed by atoms with Gasteiger partial charge in [-0.05, 0) is 30.2 Å². The molecule has 1 aliphatic heterocycles. The molecule has 0 fully saturated rings. The van der Waals surface area contributed by atoms with E-state index < -0.39 is 22.0 Å². The third-order valence-corrected chi connectivity index (χ3v) is 5.66. The van der Waals surface area contributed by atoms with Gasteiger partial charge in [-0.25, -0.2) is 8.42 Å². The summed E-state index contributed by atoms with van der Waals surface area (Å²) >= 11 is 0. The van der Waals surface area contributed by atoms with E-state index in [4.69, 9.17) is 9.47 Å². The van der Waals surface area contributed by atoms with Crippen LogP contribution in [0.2, 0.25) is 0 Å². The Bertz CT molecular complexity index is 932. The second kappa shape index (κ2) is 8.57. The van der Waals surface area contributed by atoms with Crippen LogP contribution in [-0.2, 0) is 21.4 Å². The number of carbonyl (C=O) groups excluding carboxylic acids is 1. The van der Waals surface area contributed by atoms with Crippen LogP contribution in [0.25, 0.3) is 0 Å². The van der Waals surface area contributed by atoms with Crippen molar-refractivity contribution in [3.05, 3.63) is 48.3 Å². The molecule has 2 heterocycles. The minimum atomic E-state index is -3.93. The largest absolute Gasteiger partial charge is 0.486 e. The van der Waals surface area contributed by atoms with Crippen LogP contribution in [0.1, 0.15) is 19.5 Å². The number of nitrogens with zero attached hydrogens (tertiary/aromatic N) is 1. The molecule has 9 heteroatoms. The summed E-state index contributed by atoms with van der Waals surface area (Å²) in [5.41, 5.74) is 0.688. The lowest BCUT2D eigenvalue weighted by molar-refractivity contribution is -0.123. The van der Waals surface area contributed by atoms with Crippen LogP contribution in [0.15, 0.2) is 47.5 Å². The lowest BCUT2D eigenvalue weighted by Crippen LogP contribution is -2.49. The summed E-state index contributed by atoms with van der Waals surface area (Å²) in [5.74, 6) is 0.200. The van der Waals surface area contributed by atoms with Gasteiger partial charge in [-0.3, -0.25) is 9.78 Å². The Hall–Kier alpha value is -2.65. The first kappa shape index (κ1) is 20.1. The Morgan fingerprint density at radius 1 is 1.14 bits per heavy atom. The van der Waals surface area contributed by atoms with E-state index >= 15 is 0 Å². The molecule has 0 saturated heterocycles. The van der Waals surface area contributed by atoms with Crippen molar-refractivity contribution in [1.29, 1.82) is 0 Å². The van der Waals surface area contributed by atoms with E-state index in [1.165, 1.54) is 12.1 Å². The molecular formula is C19H23N3O5S. The number of benzene rings is 1. The summed E-state index contributed by atoms with van der Waals surface area (Å²) in [6.07, 6.45) is 1.63. The van der Waals surface area contributed by atoms with Crippen molar-refractivity contribution in [2.24, 2.45) is 5.92 Å². The third kappa shape index (κ3) is 4.79. The normalized spacial score (nSPS) is 14.5. The molecule has 0 radical (unpaired) electrons. The number of pyridine rings is 1. The fourth-order valence-corrected chi connectivity index (χ4v) is 4.07. The molecule has 1 aromatic heterocycles. The highest BCUT2D eigenvalue weighted by molar-refractivity contribution is 7.89. The maximum absolute atomic E-state index is 12.8. The summed E-state index contributed by atoms with van der Waals surface area (Å²) in [5, 5.41) is 2.73. The SMILES string of the molecule is CC(C)[C@@H](NS(=O)(=O)c1ccc2c(c1)OCCO2)C(=O)NCc1ccccn1. The average Bonchev–Trinajstić information content (AvgIpc) is 2.70. The summed E-state index contributed by atoms with van der Waals surface area (Å²) in [6, 6.07) is 8.84. The molecular weight excluding hydrogens is 382 g/mol. The van der Waals surface area contributed by atoms with Gasteiger partial charge in [0.15, 0.2) is 11.5 Å². The van der Waals surface area contributed by atoms with Gasteiger partial charge in [0.2, 0.25) is 15.9 Å². The van der Waals surface area contributed by atoms with E-state index in [9.17, 15) is 13.2 Å². The van der Waals surface area contributed by atoms with E-state index in [0.29, 0.717) is 30.4 Å². The van der Waals surface area contributed by atoms with Gasteiger partial charge in [0, 0.05) is 12.3 Å².